The van der Waals surface area contributed by atoms with Gasteiger partial charge in [-0.1, -0.05) is 97.1 Å². The van der Waals surface area contributed by atoms with Crippen molar-refractivity contribution in [3.63, 3.8) is 0 Å². The molecule has 0 saturated carbocycles. The van der Waals surface area contributed by atoms with Crippen molar-refractivity contribution in [2.75, 3.05) is 0 Å². The molecule has 0 spiro atoms. The standard InChI is InChI=1S/C40H22N4O2/c41-23-24-17-19-25(20-18-24)27-21-22-31-29-12-5-7-16-34(29)46-37(31)35(27)40-43-38(26-9-2-1-3-10-26)42-39(44-40)32-14-8-13-30-28-11-4-6-15-33(28)45-36(30)32/h1-22H. The molecule has 9 rings (SSSR count). The van der Waals surface area contributed by atoms with Crippen molar-refractivity contribution in [3.8, 4) is 51.4 Å². The first-order valence-corrected chi connectivity index (χ1v) is 14.9. The number of rotatable bonds is 4. The molecule has 46 heavy (non-hydrogen) atoms. The van der Waals surface area contributed by atoms with Gasteiger partial charge >= 0.3 is 0 Å². The summed E-state index contributed by atoms with van der Waals surface area (Å²) in [5.41, 5.74) is 7.74. The Kier molecular flexibility index (Phi) is 5.77. The Morgan fingerprint density at radius 2 is 1.04 bits per heavy atom. The number of aromatic nitrogens is 3. The normalized spacial score (nSPS) is 11.5. The minimum Gasteiger partial charge on any atom is -0.455 e. The molecule has 6 heteroatoms. The quantitative estimate of drug-likeness (QED) is 0.203. The minimum atomic E-state index is 0.473. The van der Waals surface area contributed by atoms with Crippen molar-refractivity contribution >= 4 is 43.9 Å². The third-order valence-corrected chi connectivity index (χ3v) is 8.41. The van der Waals surface area contributed by atoms with Crippen molar-refractivity contribution in [3.05, 3.63) is 139 Å². The number of nitrogens with zero attached hydrogens (tertiary/aromatic N) is 4. The van der Waals surface area contributed by atoms with Crippen LogP contribution in [0.2, 0.25) is 0 Å². The molecule has 0 unspecified atom stereocenters. The van der Waals surface area contributed by atoms with Crippen LogP contribution in [0.4, 0.5) is 0 Å². The Morgan fingerprint density at radius 1 is 0.435 bits per heavy atom. The molecule has 0 aliphatic rings. The second-order valence-electron chi connectivity index (χ2n) is 11.1. The molecule has 0 atom stereocenters. The third kappa shape index (κ3) is 4.07. The maximum absolute atomic E-state index is 9.45. The molecule has 6 nitrogen and oxygen atoms in total. The number of fused-ring (bicyclic) bond motifs is 6. The van der Waals surface area contributed by atoms with Crippen LogP contribution in [0.5, 0.6) is 0 Å². The highest BCUT2D eigenvalue weighted by Crippen LogP contribution is 2.42. The fourth-order valence-electron chi connectivity index (χ4n) is 6.22. The summed E-state index contributed by atoms with van der Waals surface area (Å²) in [5, 5.41) is 13.5. The van der Waals surface area contributed by atoms with E-state index in [1.807, 2.05) is 103 Å². The maximum atomic E-state index is 9.45. The van der Waals surface area contributed by atoms with Gasteiger partial charge in [0, 0.05) is 27.1 Å². The van der Waals surface area contributed by atoms with Crippen molar-refractivity contribution in [2.24, 2.45) is 0 Å². The SMILES string of the molecule is N#Cc1ccc(-c2ccc3c(oc4ccccc43)c2-c2nc(-c3ccccc3)nc(-c3cccc4c3oc3ccccc34)n2)cc1. The lowest BCUT2D eigenvalue weighted by Crippen LogP contribution is -2.01. The molecule has 9 aromatic rings. The van der Waals surface area contributed by atoms with Crippen molar-refractivity contribution < 1.29 is 8.83 Å². The highest BCUT2D eigenvalue weighted by Gasteiger charge is 2.23. The molecule has 0 amide bonds. The average Bonchev–Trinajstić information content (AvgIpc) is 3.70. The summed E-state index contributed by atoms with van der Waals surface area (Å²) in [6, 6.07) is 45.9. The molecule has 0 aliphatic carbocycles. The summed E-state index contributed by atoms with van der Waals surface area (Å²) in [7, 11) is 0. The molecule has 0 N–H and O–H groups in total. The van der Waals surface area contributed by atoms with E-state index in [0.717, 1.165) is 60.5 Å². The van der Waals surface area contributed by atoms with Gasteiger partial charge in [0.25, 0.3) is 0 Å². The molecule has 0 fully saturated rings. The zero-order chi connectivity index (χ0) is 30.6. The number of furan rings is 2. The zero-order valence-electron chi connectivity index (χ0n) is 24.3. The summed E-state index contributed by atoms with van der Waals surface area (Å²) in [6.07, 6.45) is 0. The van der Waals surface area contributed by atoms with Crippen LogP contribution < -0.4 is 0 Å². The Morgan fingerprint density at radius 3 is 1.78 bits per heavy atom. The number of hydrogen-bond acceptors (Lipinski definition) is 6. The largest absolute Gasteiger partial charge is 0.455 e. The van der Waals surface area contributed by atoms with Gasteiger partial charge in [0.15, 0.2) is 17.5 Å². The van der Waals surface area contributed by atoms with Gasteiger partial charge in [-0.2, -0.15) is 5.26 Å². The molecule has 3 heterocycles. The summed E-state index contributed by atoms with van der Waals surface area (Å²) in [6.45, 7) is 0. The molecule has 0 bridgehead atoms. The van der Waals surface area contributed by atoms with Gasteiger partial charge < -0.3 is 8.83 Å². The zero-order valence-corrected chi connectivity index (χ0v) is 24.3. The molecular weight excluding hydrogens is 568 g/mol. The molecule has 6 aromatic carbocycles. The summed E-state index contributed by atoms with van der Waals surface area (Å²) < 4.78 is 13.0. The van der Waals surface area contributed by atoms with Crippen molar-refractivity contribution in [1.29, 1.82) is 5.26 Å². The monoisotopic (exact) mass is 590 g/mol. The van der Waals surface area contributed by atoms with E-state index in [1.165, 1.54) is 0 Å². The topological polar surface area (TPSA) is 88.7 Å². The van der Waals surface area contributed by atoms with E-state index in [-0.39, 0.29) is 0 Å². The van der Waals surface area contributed by atoms with Crippen LogP contribution in [0.1, 0.15) is 5.56 Å². The lowest BCUT2D eigenvalue weighted by Gasteiger charge is -2.13. The third-order valence-electron chi connectivity index (χ3n) is 8.41. The van der Waals surface area contributed by atoms with Crippen LogP contribution >= 0.6 is 0 Å². The number of hydrogen-bond donors (Lipinski definition) is 0. The van der Waals surface area contributed by atoms with E-state index in [1.54, 1.807) is 0 Å². The molecule has 0 saturated heterocycles. The summed E-state index contributed by atoms with van der Waals surface area (Å²) in [5.74, 6) is 1.50. The first kappa shape index (κ1) is 25.9. The average molecular weight is 591 g/mol. The van der Waals surface area contributed by atoms with Gasteiger partial charge in [-0.05, 0) is 47.5 Å². The second-order valence-corrected chi connectivity index (χ2v) is 11.1. The van der Waals surface area contributed by atoms with E-state index in [9.17, 15) is 5.26 Å². The summed E-state index contributed by atoms with van der Waals surface area (Å²) >= 11 is 0. The van der Waals surface area contributed by atoms with E-state index >= 15 is 0 Å². The van der Waals surface area contributed by atoms with Gasteiger partial charge in [-0.3, -0.25) is 0 Å². The lowest BCUT2D eigenvalue weighted by molar-refractivity contribution is 0.669. The maximum Gasteiger partial charge on any atom is 0.168 e. The van der Waals surface area contributed by atoms with Gasteiger partial charge in [-0.25, -0.2) is 15.0 Å². The highest BCUT2D eigenvalue weighted by molar-refractivity contribution is 6.12. The van der Waals surface area contributed by atoms with E-state index in [4.69, 9.17) is 23.8 Å². The van der Waals surface area contributed by atoms with Gasteiger partial charge in [-0.15, -0.1) is 0 Å². The van der Waals surface area contributed by atoms with Crippen LogP contribution in [0, 0.1) is 11.3 Å². The number of benzene rings is 6. The van der Waals surface area contributed by atoms with Gasteiger partial charge in [0.1, 0.15) is 22.3 Å². The van der Waals surface area contributed by atoms with Crippen molar-refractivity contribution in [1.82, 2.24) is 15.0 Å². The Balaban J connectivity index is 1.38. The van der Waals surface area contributed by atoms with Crippen LogP contribution in [0.25, 0.3) is 89.2 Å². The van der Waals surface area contributed by atoms with Gasteiger partial charge in [0.05, 0.1) is 22.8 Å². The molecular formula is C40H22N4O2. The van der Waals surface area contributed by atoms with E-state index in [0.29, 0.717) is 34.2 Å². The first-order valence-electron chi connectivity index (χ1n) is 14.9. The van der Waals surface area contributed by atoms with E-state index in [2.05, 4.69) is 36.4 Å². The smallest absolute Gasteiger partial charge is 0.168 e. The van der Waals surface area contributed by atoms with Gasteiger partial charge in [0.2, 0.25) is 0 Å². The first-order chi connectivity index (χ1) is 22.7. The fourth-order valence-corrected chi connectivity index (χ4v) is 6.22. The fraction of sp³-hybridized carbons (Fsp3) is 0. The second kappa shape index (κ2) is 10.3. The number of para-hydroxylation sites is 3. The molecule has 214 valence electrons. The summed E-state index contributed by atoms with van der Waals surface area (Å²) in [4.78, 5) is 15.3. The minimum absolute atomic E-state index is 0.473. The predicted molar refractivity (Wildman–Crippen MR) is 181 cm³/mol. The predicted octanol–water partition coefficient (Wildman–Crippen LogP) is 10.2. The molecule has 3 aromatic heterocycles. The Bertz CT molecular complexity index is 2650. The van der Waals surface area contributed by atoms with Crippen LogP contribution in [-0.4, -0.2) is 15.0 Å². The molecule has 0 radical (unpaired) electrons. The van der Waals surface area contributed by atoms with Crippen molar-refractivity contribution in [2.45, 2.75) is 0 Å². The van der Waals surface area contributed by atoms with E-state index < -0.39 is 0 Å². The van der Waals surface area contributed by atoms with Crippen LogP contribution in [0.3, 0.4) is 0 Å². The lowest BCUT2D eigenvalue weighted by atomic mass is 9.95. The number of nitriles is 1. The van der Waals surface area contributed by atoms with Crippen LogP contribution in [0.15, 0.2) is 142 Å². The highest BCUT2D eigenvalue weighted by atomic mass is 16.3. The Labute approximate surface area is 262 Å². The Hall–Kier alpha value is -6.58. The van der Waals surface area contributed by atoms with Crippen LogP contribution in [-0.2, 0) is 0 Å². The molecule has 0 aliphatic heterocycles.